The number of aromatic nitrogens is 1. The first kappa shape index (κ1) is 19.6. The van der Waals surface area contributed by atoms with E-state index in [-0.39, 0.29) is 0 Å². The highest BCUT2D eigenvalue weighted by Gasteiger charge is 2.27. The molecule has 1 atom stereocenters. The lowest BCUT2D eigenvalue weighted by molar-refractivity contribution is 0.0937. The summed E-state index contributed by atoms with van der Waals surface area (Å²) in [5, 5.41) is 1.41. The maximum absolute atomic E-state index is 2.76. The number of likely N-dealkylation sites (tertiary alicyclic amines) is 1. The quantitative estimate of drug-likeness (QED) is 0.749. The molecule has 4 heteroatoms. The van der Waals surface area contributed by atoms with E-state index >= 15 is 0 Å². The standard InChI is InChI=1S/C25H38N4/c1-20(2)28-11-10-24(19-28)29-12-9-22-17-21(7-8-25(22)29)18-26-13-15-27(16-14-26)23-5-3-4-6-23/h7-9,12,17,20,23-24H,3-6,10-11,13-16,18-19H2,1-2H3. The van der Waals surface area contributed by atoms with Crippen molar-refractivity contribution in [3.63, 3.8) is 0 Å². The summed E-state index contributed by atoms with van der Waals surface area (Å²) in [6, 6.07) is 11.7. The van der Waals surface area contributed by atoms with Gasteiger partial charge in [-0.25, -0.2) is 0 Å². The molecule has 158 valence electrons. The molecule has 3 heterocycles. The smallest absolute Gasteiger partial charge is 0.0483 e. The van der Waals surface area contributed by atoms with Crippen LogP contribution in [0.4, 0.5) is 0 Å². The van der Waals surface area contributed by atoms with Gasteiger partial charge in [-0.2, -0.15) is 0 Å². The Morgan fingerprint density at radius 2 is 1.69 bits per heavy atom. The Kier molecular flexibility index (Phi) is 5.68. The fourth-order valence-electron chi connectivity index (χ4n) is 5.91. The fourth-order valence-corrected chi connectivity index (χ4v) is 5.91. The minimum atomic E-state index is 0.629. The van der Waals surface area contributed by atoms with Gasteiger partial charge in [0.05, 0.1) is 0 Å². The monoisotopic (exact) mass is 394 g/mol. The predicted octanol–water partition coefficient (Wildman–Crippen LogP) is 4.36. The minimum absolute atomic E-state index is 0.629. The van der Waals surface area contributed by atoms with E-state index in [1.54, 1.807) is 0 Å². The summed E-state index contributed by atoms with van der Waals surface area (Å²) in [5.41, 5.74) is 2.88. The first-order chi connectivity index (χ1) is 14.2. The molecule has 1 aromatic heterocycles. The third kappa shape index (κ3) is 4.12. The third-order valence-corrected chi connectivity index (χ3v) is 7.76. The minimum Gasteiger partial charge on any atom is -0.343 e. The summed E-state index contributed by atoms with van der Waals surface area (Å²) in [7, 11) is 0. The molecular formula is C25H38N4. The molecule has 1 aliphatic carbocycles. The molecule has 2 saturated heterocycles. The van der Waals surface area contributed by atoms with E-state index in [2.05, 4.69) is 63.6 Å². The first-order valence-electron chi connectivity index (χ1n) is 12.0. The number of hydrogen-bond donors (Lipinski definition) is 0. The zero-order valence-corrected chi connectivity index (χ0v) is 18.4. The zero-order valence-electron chi connectivity index (χ0n) is 18.4. The SMILES string of the molecule is CC(C)N1CCC(n2ccc3cc(CN4CCN(C5CCCC5)CC4)ccc32)C1. The Morgan fingerprint density at radius 1 is 0.897 bits per heavy atom. The van der Waals surface area contributed by atoms with Crippen LogP contribution < -0.4 is 0 Å². The molecule has 2 aliphatic heterocycles. The lowest BCUT2D eigenvalue weighted by atomic mass is 10.1. The van der Waals surface area contributed by atoms with E-state index in [0.29, 0.717) is 12.1 Å². The summed E-state index contributed by atoms with van der Waals surface area (Å²) in [4.78, 5) is 8.02. The van der Waals surface area contributed by atoms with Crippen molar-refractivity contribution in [2.45, 2.75) is 70.6 Å². The Morgan fingerprint density at radius 3 is 2.41 bits per heavy atom. The van der Waals surface area contributed by atoms with Gasteiger partial charge in [0, 0.05) is 75.7 Å². The van der Waals surface area contributed by atoms with Gasteiger partial charge in [-0.15, -0.1) is 0 Å². The number of fused-ring (bicyclic) bond motifs is 1. The normalized spacial score (nSPS) is 25.7. The van der Waals surface area contributed by atoms with Crippen molar-refractivity contribution in [2.75, 3.05) is 39.3 Å². The van der Waals surface area contributed by atoms with Crippen LogP contribution in [0.3, 0.4) is 0 Å². The van der Waals surface area contributed by atoms with Crippen LogP contribution in [0.15, 0.2) is 30.5 Å². The van der Waals surface area contributed by atoms with E-state index < -0.39 is 0 Å². The van der Waals surface area contributed by atoms with Crippen molar-refractivity contribution in [3.05, 3.63) is 36.0 Å². The van der Waals surface area contributed by atoms with Crippen LogP contribution in [0.2, 0.25) is 0 Å². The second-order valence-electron chi connectivity index (χ2n) is 9.90. The maximum atomic E-state index is 2.76. The Hall–Kier alpha value is -1.36. The van der Waals surface area contributed by atoms with Crippen LogP contribution >= 0.6 is 0 Å². The Labute approximate surface area is 176 Å². The topological polar surface area (TPSA) is 14.7 Å². The Bertz CT molecular complexity index is 811. The average Bonchev–Trinajstić information content (AvgIpc) is 3.48. The molecule has 1 aromatic carbocycles. The van der Waals surface area contributed by atoms with Gasteiger partial charge in [-0.1, -0.05) is 18.9 Å². The van der Waals surface area contributed by atoms with E-state index in [1.165, 1.54) is 87.8 Å². The second-order valence-corrected chi connectivity index (χ2v) is 9.90. The summed E-state index contributed by atoms with van der Waals surface area (Å²) < 4.78 is 2.53. The molecule has 0 N–H and O–H groups in total. The van der Waals surface area contributed by atoms with Crippen LogP contribution in [-0.2, 0) is 6.54 Å². The number of piperazine rings is 1. The highest BCUT2D eigenvalue weighted by Crippen LogP contribution is 2.29. The van der Waals surface area contributed by atoms with Crippen molar-refractivity contribution < 1.29 is 0 Å². The van der Waals surface area contributed by atoms with Crippen LogP contribution in [0, 0.1) is 0 Å². The zero-order chi connectivity index (χ0) is 19.8. The molecule has 1 saturated carbocycles. The van der Waals surface area contributed by atoms with Gasteiger partial charge in [-0.05, 0) is 62.3 Å². The van der Waals surface area contributed by atoms with Gasteiger partial charge in [0.15, 0.2) is 0 Å². The molecule has 1 unspecified atom stereocenters. The summed E-state index contributed by atoms with van der Waals surface area (Å²) in [6.45, 7) is 13.1. The van der Waals surface area contributed by atoms with Gasteiger partial charge >= 0.3 is 0 Å². The number of nitrogens with zero attached hydrogens (tertiary/aromatic N) is 4. The maximum Gasteiger partial charge on any atom is 0.0483 e. The molecular weight excluding hydrogens is 356 g/mol. The summed E-state index contributed by atoms with van der Waals surface area (Å²) in [6.07, 6.45) is 9.35. The van der Waals surface area contributed by atoms with Crippen molar-refractivity contribution in [2.24, 2.45) is 0 Å². The van der Waals surface area contributed by atoms with E-state index in [9.17, 15) is 0 Å². The third-order valence-electron chi connectivity index (χ3n) is 7.76. The highest BCUT2D eigenvalue weighted by atomic mass is 15.3. The van der Waals surface area contributed by atoms with Crippen molar-refractivity contribution in [3.8, 4) is 0 Å². The Balaban J connectivity index is 1.21. The van der Waals surface area contributed by atoms with E-state index in [0.717, 1.165) is 12.6 Å². The van der Waals surface area contributed by atoms with Gasteiger partial charge in [0.1, 0.15) is 0 Å². The molecule has 0 bridgehead atoms. The summed E-state index contributed by atoms with van der Waals surface area (Å²) >= 11 is 0. The molecule has 5 rings (SSSR count). The number of rotatable bonds is 5. The number of benzene rings is 1. The van der Waals surface area contributed by atoms with Crippen LogP contribution in [-0.4, -0.2) is 70.6 Å². The largest absolute Gasteiger partial charge is 0.343 e. The molecule has 3 fully saturated rings. The molecule has 0 radical (unpaired) electrons. The lowest BCUT2D eigenvalue weighted by Crippen LogP contribution is -2.49. The number of hydrogen-bond acceptors (Lipinski definition) is 3. The van der Waals surface area contributed by atoms with Gasteiger partial charge in [-0.3, -0.25) is 14.7 Å². The molecule has 0 spiro atoms. The van der Waals surface area contributed by atoms with Crippen molar-refractivity contribution >= 4 is 10.9 Å². The fraction of sp³-hybridized carbons (Fsp3) is 0.680. The average molecular weight is 395 g/mol. The highest BCUT2D eigenvalue weighted by molar-refractivity contribution is 5.81. The van der Waals surface area contributed by atoms with E-state index in [1.807, 2.05) is 0 Å². The summed E-state index contributed by atoms with van der Waals surface area (Å²) in [5.74, 6) is 0. The van der Waals surface area contributed by atoms with E-state index in [4.69, 9.17) is 0 Å². The molecule has 0 amide bonds. The van der Waals surface area contributed by atoms with Gasteiger partial charge in [0.25, 0.3) is 0 Å². The van der Waals surface area contributed by atoms with Gasteiger partial charge in [0.2, 0.25) is 0 Å². The van der Waals surface area contributed by atoms with Crippen molar-refractivity contribution in [1.82, 2.24) is 19.3 Å². The molecule has 29 heavy (non-hydrogen) atoms. The second kappa shape index (κ2) is 8.41. The van der Waals surface area contributed by atoms with Crippen LogP contribution in [0.25, 0.3) is 10.9 Å². The van der Waals surface area contributed by atoms with Crippen molar-refractivity contribution in [1.29, 1.82) is 0 Å². The van der Waals surface area contributed by atoms with Crippen LogP contribution in [0.5, 0.6) is 0 Å². The van der Waals surface area contributed by atoms with Crippen LogP contribution in [0.1, 0.15) is 57.6 Å². The van der Waals surface area contributed by atoms with Gasteiger partial charge < -0.3 is 4.57 Å². The lowest BCUT2D eigenvalue weighted by Gasteiger charge is -2.38. The first-order valence-corrected chi connectivity index (χ1v) is 12.0. The molecule has 3 aliphatic rings. The predicted molar refractivity (Wildman–Crippen MR) is 121 cm³/mol. The molecule has 4 nitrogen and oxygen atoms in total. The molecule has 2 aromatic rings.